The van der Waals surface area contributed by atoms with Crippen molar-refractivity contribution in [3.05, 3.63) is 59.6 Å². The highest BCUT2D eigenvalue weighted by atomic mass is 32.2. The molecule has 0 radical (unpaired) electrons. The number of carbonyl (C=O) groups is 1. The first-order valence-corrected chi connectivity index (χ1v) is 13.9. The van der Waals surface area contributed by atoms with E-state index in [-0.39, 0.29) is 5.82 Å². The number of ether oxygens (including phenoxy) is 1. The number of anilines is 1. The summed E-state index contributed by atoms with van der Waals surface area (Å²) in [6, 6.07) is 10.7. The third-order valence-corrected chi connectivity index (χ3v) is 9.03. The van der Waals surface area contributed by atoms with Crippen LogP contribution in [0.15, 0.2) is 57.5 Å². The van der Waals surface area contributed by atoms with Crippen LogP contribution in [0.5, 0.6) is 5.75 Å². The number of hydrogen-bond acceptors (Lipinski definition) is 9. The van der Waals surface area contributed by atoms with Crippen molar-refractivity contribution in [3.63, 3.8) is 0 Å². The number of aldehydes is 1. The number of halogens is 1. The van der Waals surface area contributed by atoms with Crippen molar-refractivity contribution < 1.29 is 19.0 Å². The van der Waals surface area contributed by atoms with E-state index < -0.39 is 5.54 Å². The van der Waals surface area contributed by atoms with Gasteiger partial charge in [0.2, 0.25) is 0 Å². The Hall–Kier alpha value is -2.40. The van der Waals surface area contributed by atoms with Crippen molar-refractivity contribution in [3.8, 4) is 5.75 Å². The number of hydrogen-bond donors (Lipinski definition) is 2. The van der Waals surface area contributed by atoms with Gasteiger partial charge in [-0.2, -0.15) is 0 Å². The summed E-state index contributed by atoms with van der Waals surface area (Å²) in [5.74, 6) is 1.87. The largest absolute Gasteiger partial charge is 0.494 e. The van der Waals surface area contributed by atoms with Gasteiger partial charge in [0.15, 0.2) is 4.34 Å². The Morgan fingerprint density at radius 1 is 1.29 bits per heavy atom. The molecule has 0 fully saturated rings. The van der Waals surface area contributed by atoms with Gasteiger partial charge in [0.05, 0.1) is 21.9 Å². The summed E-state index contributed by atoms with van der Waals surface area (Å²) < 4.78 is 21.3. The lowest BCUT2D eigenvalue weighted by Gasteiger charge is -2.25. The van der Waals surface area contributed by atoms with Crippen LogP contribution in [0.2, 0.25) is 0 Å². The minimum absolute atomic E-state index is 0.273. The topological polar surface area (TPSA) is 83.8 Å². The van der Waals surface area contributed by atoms with E-state index in [1.807, 2.05) is 25.1 Å². The Labute approximate surface area is 216 Å². The summed E-state index contributed by atoms with van der Waals surface area (Å²) in [7, 11) is 1.00. The molecule has 184 valence electrons. The van der Waals surface area contributed by atoms with Gasteiger partial charge in [0.25, 0.3) is 0 Å². The third kappa shape index (κ3) is 6.06. The molecule has 2 aliphatic rings. The standard InChI is InChI=1S/C24H22FN3O2S3.CH4O/c1-2-30-18-7-8-19-21(10-18)33-23(27-19)31-12-22-28-24(13-29,14-32-22)11-17-6-4-15-3-5-16(25)9-20(15)26-17;1-2/h3,5-10,13,26H,2,4,11-12,14H2,1H3;2H,1H3. The summed E-state index contributed by atoms with van der Waals surface area (Å²) in [4.78, 5) is 21.6. The van der Waals surface area contributed by atoms with Gasteiger partial charge >= 0.3 is 0 Å². The van der Waals surface area contributed by atoms with Crippen LogP contribution < -0.4 is 10.1 Å². The predicted molar refractivity (Wildman–Crippen MR) is 145 cm³/mol. The highest BCUT2D eigenvalue weighted by Gasteiger charge is 2.36. The Kier molecular flexibility index (Phi) is 8.48. The third-order valence-electron chi connectivity index (χ3n) is 5.46. The maximum absolute atomic E-state index is 13.6. The number of aliphatic imine (C=N–C) groups is 1. The Morgan fingerprint density at radius 2 is 2.14 bits per heavy atom. The van der Waals surface area contributed by atoms with E-state index in [1.165, 1.54) is 12.1 Å². The molecule has 1 unspecified atom stereocenters. The van der Waals surface area contributed by atoms with Crippen LogP contribution in [0.1, 0.15) is 18.9 Å². The first-order valence-electron chi connectivity index (χ1n) is 11.1. The second-order valence-electron chi connectivity index (χ2n) is 7.88. The quantitative estimate of drug-likeness (QED) is 0.291. The van der Waals surface area contributed by atoms with Crippen molar-refractivity contribution >= 4 is 62.1 Å². The second-order valence-corrected chi connectivity index (χ2v) is 11.2. The molecule has 1 atom stereocenters. The van der Waals surface area contributed by atoms with E-state index in [9.17, 15) is 9.18 Å². The number of thioether (sulfide) groups is 2. The summed E-state index contributed by atoms with van der Waals surface area (Å²) in [6.45, 7) is 2.61. The van der Waals surface area contributed by atoms with Crippen molar-refractivity contribution in [2.24, 2.45) is 4.99 Å². The maximum Gasteiger partial charge on any atom is 0.151 e. The summed E-state index contributed by atoms with van der Waals surface area (Å²) in [5.41, 5.74) is 2.90. The van der Waals surface area contributed by atoms with Gasteiger partial charge in [-0.1, -0.05) is 23.9 Å². The molecule has 3 heterocycles. The SMILES string of the molecule is CCOc1ccc2nc(SCC3=NC(C=O)(CC4=CCc5ccc(F)cc5N4)CS3)sc2c1.CO. The zero-order valence-corrected chi connectivity index (χ0v) is 21.9. The first-order chi connectivity index (χ1) is 17.1. The van der Waals surface area contributed by atoms with E-state index >= 15 is 0 Å². The average molecular weight is 532 g/mol. The molecule has 0 amide bonds. The monoisotopic (exact) mass is 531 g/mol. The van der Waals surface area contributed by atoms with E-state index in [0.29, 0.717) is 24.5 Å². The number of allylic oxidation sites excluding steroid dienone is 1. The second kappa shape index (κ2) is 11.6. The maximum atomic E-state index is 13.6. The van der Waals surface area contributed by atoms with Crippen molar-refractivity contribution in [2.75, 3.05) is 30.5 Å². The van der Waals surface area contributed by atoms with Crippen LogP contribution in [-0.2, 0) is 11.2 Å². The number of thiazole rings is 1. The Bertz CT molecular complexity index is 1280. The predicted octanol–water partition coefficient (Wildman–Crippen LogP) is 5.56. The molecule has 0 aliphatic carbocycles. The Balaban J connectivity index is 0.00000141. The number of rotatable bonds is 8. The minimum Gasteiger partial charge on any atom is -0.494 e. The summed E-state index contributed by atoms with van der Waals surface area (Å²) in [6.07, 6.45) is 4.22. The molecule has 3 aromatic rings. The molecule has 6 nitrogen and oxygen atoms in total. The highest BCUT2D eigenvalue weighted by molar-refractivity contribution is 8.16. The van der Waals surface area contributed by atoms with Gasteiger partial charge in [0.1, 0.15) is 23.4 Å². The smallest absolute Gasteiger partial charge is 0.151 e. The van der Waals surface area contributed by atoms with E-state index in [4.69, 9.17) is 19.8 Å². The Morgan fingerprint density at radius 3 is 2.94 bits per heavy atom. The number of nitrogens with one attached hydrogen (secondary N) is 1. The lowest BCUT2D eigenvalue weighted by atomic mass is 9.94. The minimum atomic E-state index is -0.787. The van der Waals surface area contributed by atoms with E-state index in [1.54, 1.807) is 40.9 Å². The lowest BCUT2D eigenvalue weighted by Crippen LogP contribution is -2.31. The molecule has 0 bridgehead atoms. The van der Waals surface area contributed by atoms with Gasteiger partial charge in [-0.25, -0.2) is 9.37 Å². The van der Waals surface area contributed by atoms with Crippen molar-refractivity contribution in [1.29, 1.82) is 0 Å². The molecule has 2 aromatic carbocycles. The number of aromatic nitrogens is 1. The van der Waals surface area contributed by atoms with E-state index in [0.717, 1.165) is 62.1 Å². The van der Waals surface area contributed by atoms with Crippen LogP contribution in [0.25, 0.3) is 10.2 Å². The van der Waals surface area contributed by atoms with Gasteiger partial charge in [-0.05, 0) is 49.2 Å². The summed E-state index contributed by atoms with van der Waals surface area (Å²) in [5, 5.41) is 11.2. The summed E-state index contributed by atoms with van der Waals surface area (Å²) >= 11 is 4.90. The normalized spacial score (nSPS) is 18.6. The van der Waals surface area contributed by atoms with Crippen molar-refractivity contribution in [2.45, 2.75) is 29.6 Å². The number of aliphatic hydroxyl groups is 1. The number of aliphatic hydroxyl groups excluding tert-OH is 1. The van der Waals surface area contributed by atoms with Gasteiger partial charge in [-0.15, -0.1) is 23.1 Å². The zero-order chi connectivity index (χ0) is 24.8. The molecule has 35 heavy (non-hydrogen) atoms. The van der Waals surface area contributed by atoms with Crippen LogP contribution in [0.3, 0.4) is 0 Å². The molecule has 0 spiro atoms. The van der Waals surface area contributed by atoms with Crippen LogP contribution in [0.4, 0.5) is 10.1 Å². The van der Waals surface area contributed by atoms with E-state index in [2.05, 4.69) is 11.4 Å². The molecular weight excluding hydrogens is 505 g/mol. The molecule has 2 N–H and O–H groups in total. The van der Waals surface area contributed by atoms with Gasteiger partial charge < -0.3 is 20.0 Å². The molecule has 1 aromatic heterocycles. The number of nitrogens with zero attached hydrogens (tertiary/aromatic N) is 2. The van der Waals surface area contributed by atoms with Gasteiger partial charge in [-0.3, -0.25) is 4.99 Å². The molecule has 5 rings (SSSR count). The number of fused-ring (bicyclic) bond motifs is 2. The van der Waals surface area contributed by atoms with Crippen molar-refractivity contribution in [1.82, 2.24) is 4.98 Å². The zero-order valence-electron chi connectivity index (χ0n) is 19.4. The fraction of sp³-hybridized carbons (Fsp3) is 0.320. The van der Waals surface area contributed by atoms with Crippen LogP contribution in [-0.4, -0.2) is 52.2 Å². The molecule has 10 heteroatoms. The van der Waals surface area contributed by atoms with Gasteiger partial charge in [0, 0.05) is 36.4 Å². The highest BCUT2D eigenvalue weighted by Crippen LogP contribution is 2.37. The first kappa shape index (κ1) is 25.7. The fourth-order valence-corrected chi connectivity index (χ4v) is 7.15. The fourth-order valence-electron chi connectivity index (χ4n) is 3.86. The van der Waals surface area contributed by atoms with Crippen LogP contribution >= 0.6 is 34.9 Å². The number of carbonyl (C=O) groups excluding carboxylic acids is 1. The molecule has 0 saturated carbocycles. The molecule has 2 aliphatic heterocycles. The lowest BCUT2D eigenvalue weighted by molar-refractivity contribution is -0.111. The molecule has 0 saturated heterocycles. The molecular formula is C25H26FN3O3S3. The number of benzene rings is 2. The van der Waals surface area contributed by atoms with Crippen LogP contribution in [0, 0.1) is 5.82 Å². The average Bonchev–Trinajstić information content (AvgIpc) is 3.48.